The van der Waals surface area contributed by atoms with Gasteiger partial charge in [-0.1, -0.05) is 57.7 Å². The van der Waals surface area contributed by atoms with E-state index in [2.05, 4.69) is 15.6 Å². The standard InChI is InChI=1S/C24H15Cl4N3O5S2/c1-36-11-4-7-13-14(8-11)38-24(30-13)31-15(32)9-37-12-5-2-10(3-6-12)29-22(33)16-17(23(34)35)19(26)21(28)20(27)18(16)25/h2-8H,9H2,1H3,(H,29,33)(H,34,35)(H,30,31,32). The first-order valence-corrected chi connectivity index (χ1v) is 13.8. The van der Waals surface area contributed by atoms with Crippen molar-refractivity contribution in [2.75, 3.05) is 23.5 Å². The monoisotopic (exact) mass is 629 g/mol. The van der Waals surface area contributed by atoms with Gasteiger partial charge in [-0.15, -0.1) is 11.8 Å². The van der Waals surface area contributed by atoms with Crippen LogP contribution in [0.25, 0.3) is 10.2 Å². The van der Waals surface area contributed by atoms with Crippen LogP contribution in [0.4, 0.5) is 10.8 Å². The van der Waals surface area contributed by atoms with Crippen molar-refractivity contribution in [3.05, 3.63) is 73.7 Å². The lowest BCUT2D eigenvalue weighted by Gasteiger charge is -2.14. The molecule has 14 heteroatoms. The summed E-state index contributed by atoms with van der Waals surface area (Å²) >= 11 is 26.7. The van der Waals surface area contributed by atoms with Crippen LogP contribution in [0.1, 0.15) is 20.7 Å². The van der Waals surface area contributed by atoms with Gasteiger partial charge in [-0.3, -0.25) is 9.59 Å². The molecule has 4 rings (SSSR count). The fraction of sp³-hybridized carbons (Fsp3) is 0.0833. The van der Waals surface area contributed by atoms with E-state index in [-0.39, 0.29) is 26.7 Å². The topological polar surface area (TPSA) is 118 Å². The molecule has 3 N–H and O–H groups in total. The summed E-state index contributed by atoms with van der Waals surface area (Å²) in [4.78, 5) is 42.1. The van der Waals surface area contributed by atoms with Gasteiger partial charge in [0.25, 0.3) is 5.91 Å². The molecule has 0 bridgehead atoms. The van der Waals surface area contributed by atoms with Gasteiger partial charge in [-0.25, -0.2) is 9.78 Å². The van der Waals surface area contributed by atoms with Crippen LogP contribution in [0.5, 0.6) is 5.75 Å². The number of anilines is 2. The number of nitrogens with one attached hydrogen (secondary N) is 2. The third kappa shape index (κ3) is 6.12. The highest BCUT2D eigenvalue weighted by atomic mass is 35.5. The van der Waals surface area contributed by atoms with E-state index in [9.17, 15) is 19.5 Å². The molecule has 0 atom stereocenters. The van der Waals surface area contributed by atoms with Crippen LogP contribution in [0.15, 0.2) is 47.4 Å². The number of methoxy groups -OCH3 is 1. The summed E-state index contributed by atoms with van der Waals surface area (Å²) in [7, 11) is 1.58. The summed E-state index contributed by atoms with van der Waals surface area (Å²) < 4.78 is 6.10. The van der Waals surface area contributed by atoms with Crippen molar-refractivity contribution in [1.82, 2.24) is 4.98 Å². The van der Waals surface area contributed by atoms with E-state index in [0.717, 1.165) is 15.1 Å². The number of carboxylic acids is 1. The Balaban J connectivity index is 1.39. The van der Waals surface area contributed by atoms with Gasteiger partial charge in [0.2, 0.25) is 5.91 Å². The number of carbonyl (C=O) groups excluding carboxylic acids is 2. The Labute approximate surface area is 244 Å². The molecule has 0 aliphatic carbocycles. The third-order valence-corrected chi connectivity index (χ3v) is 8.78. The van der Waals surface area contributed by atoms with Crippen molar-refractivity contribution in [2.24, 2.45) is 0 Å². The molecular weight excluding hydrogens is 616 g/mol. The Morgan fingerprint density at radius 2 is 1.61 bits per heavy atom. The van der Waals surface area contributed by atoms with Crippen molar-refractivity contribution in [1.29, 1.82) is 0 Å². The van der Waals surface area contributed by atoms with E-state index in [4.69, 9.17) is 51.1 Å². The SMILES string of the molecule is COc1ccc2nc(NC(=O)CSc3ccc(NC(=O)c4c(Cl)c(Cl)c(Cl)c(Cl)c4C(=O)O)cc3)sc2c1. The van der Waals surface area contributed by atoms with Gasteiger partial charge >= 0.3 is 5.97 Å². The molecule has 0 spiro atoms. The first-order chi connectivity index (χ1) is 18.1. The highest BCUT2D eigenvalue weighted by Gasteiger charge is 2.29. The second-order valence-corrected chi connectivity index (χ2v) is 11.1. The number of aromatic nitrogens is 1. The molecule has 0 aliphatic heterocycles. The van der Waals surface area contributed by atoms with E-state index in [0.29, 0.717) is 16.6 Å². The molecule has 4 aromatic rings. The fourth-order valence-electron chi connectivity index (χ4n) is 3.26. The number of nitrogens with zero attached hydrogens (tertiary/aromatic N) is 1. The zero-order valence-electron chi connectivity index (χ0n) is 19.1. The van der Waals surface area contributed by atoms with E-state index >= 15 is 0 Å². The number of benzene rings is 3. The van der Waals surface area contributed by atoms with Crippen LogP contribution in [-0.4, -0.2) is 40.7 Å². The van der Waals surface area contributed by atoms with Crippen LogP contribution in [0.3, 0.4) is 0 Å². The lowest BCUT2D eigenvalue weighted by molar-refractivity contribution is -0.113. The molecule has 0 aliphatic rings. The van der Waals surface area contributed by atoms with Crippen LogP contribution in [0, 0.1) is 0 Å². The number of fused-ring (bicyclic) bond motifs is 1. The molecule has 38 heavy (non-hydrogen) atoms. The Morgan fingerprint density at radius 3 is 2.24 bits per heavy atom. The zero-order valence-corrected chi connectivity index (χ0v) is 23.8. The number of thiazole rings is 1. The first-order valence-electron chi connectivity index (χ1n) is 10.5. The minimum absolute atomic E-state index is 0.129. The smallest absolute Gasteiger partial charge is 0.338 e. The minimum atomic E-state index is -1.49. The van der Waals surface area contributed by atoms with Crippen molar-refractivity contribution >= 4 is 108 Å². The highest BCUT2D eigenvalue weighted by Crippen LogP contribution is 2.42. The predicted molar refractivity (Wildman–Crippen MR) is 153 cm³/mol. The van der Waals surface area contributed by atoms with Crippen LogP contribution < -0.4 is 15.4 Å². The maximum atomic E-state index is 12.9. The summed E-state index contributed by atoms with van der Waals surface area (Å²) in [6.45, 7) is 0. The number of carboxylic acid groups (broad SMARTS) is 1. The zero-order chi connectivity index (χ0) is 27.6. The van der Waals surface area contributed by atoms with Crippen molar-refractivity contribution in [3.8, 4) is 5.75 Å². The van der Waals surface area contributed by atoms with E-state index in [1.54, 1.807) is 37.4 Å². The number of amides is 2. The van der Waals surface area contributed by atoms with Crippen molar-refractivity contribution < 1.29 is 24.2 Å². The molecule has 2 amide bonds. The molecule has 1 heterocycles. The van der Waals surface area contributed by atoms with Gasteiger partial charge in [0.15, 0.2) is 5.13 Å². The van der Waals surface area contributed by atoms with E-state index < -0.39 is 28.0 Å². The van der Waals surface area contributed by atoms with Crippen LogP contribution in [-0.2, 0) is 4.79 Å². The molecule has 8 nitrogen and oxygen atoms in total. The molecule has 0 fully saturated rings. The number of hydrogen-bond acceptors (Lipinski definition) is 7. The summed E-state index contributed by atoms with van der Waals surface area (Å²) in [6.07, 6.45) is 0. The number of thioether (sulfide) groups is 1. The number of hydrogen-bond donors (Lipinski definition) is 3. The summed E-state index contributed by atoms with van der Waals surface area (Å²) in [5, 5.41) is 14.1. The van der Waals surface area contributed by atoms with Gasteiger partial charge < -0.3 is 20.5 Å². The Kier molecular flexibility index (Phi) is 8.92. The predicted octanol–water partition coefficient (Wildman–Crippen LogP) is 7.60. The maximum Gasteiger partial charge on any atom is 0.338 e. The van der Waals surface area contributed by atoms with Crippen molar-refractivity contribution in [2.45, 2.75) is 4.90 Å². The van der Waals surface area contributed by atoms with Crippen LogP contribution >= 0.6 is 69.5 Å². The molecular formula is C24H15Cl4N3O5S2. The number of carbonyl (C=O) groups is 3. The van der Waals surface area contributed by atoms with E-state index in [1.165, 1.54) is 23.1 Å². The average Bonchev–Trinajstić information content (AvgIpc) is 3.29. The van der Waals surface area contributed by atoms with E-state index in [1.807, 2.05) is 12.1 Å². The molecule has 1 aromatic heterocycles. The normalized spacial score (nSPS) is 10.9. The molecule has 3 aromatic carbocycles. The number of rotatable bonds is 8. The summed E-state index contributed by atoms with van der Waals surface area (Å²) in [5.74, 6) is -1.71. The van der Waals surface area contributed by atoms with Gasteiger partial charge in [0.05, 0.1) is 54.3 Å². The molecule has 0 saturated heterocycles. The molecule has 0 radical (unpaired) electrons. The fourth-order valence-corrected chi connectivity index (χ4v) is 5.89. The quantitative estimate of drug-likeness (QED) is 0.104. The molecule has 0 saturated carbocycles. The third-order valence-electron chi connectivity index (χ3n) is 5.03. The Bertz CT molecular complexity index is 1580. The maximum absolute atomic E-state index is 12.9. The lowest BCUT2D eigenvalue weighted by Crippen LogP contribution is -2.18. The summed E-state index contributed by atoms with van der Waals surface area (Å²) in [5.41, 5.74) is 0.135. The second kappa shape index (κ2) is 12.0. The van der Waals surface area contributed by atoms with Gasteiger partial charge in [0.1, 0.15) is 5.75 Å². The van der Waals surface area contributed by atoms with Crippen molar-refractivity contribution in [3.63, 3.8) is 0 Å². The first kappa shape index (κ1) is 28.3. The lowest BCUT2D eigenvalue weighted by atomic mass is 10.1. The van der Waals surface area contributed by atoms with Gasteiger partial charge in [-0.2, -0.15) is 0 Å². The number of aromatic carboxylic acids is 1. The summed E-state index contributed by atoms with van der Waals surface area (Å²) in [6, 6.07) is 12.0. The average molecular weight is 631 g/mol. The molecule has 0 unspecified atom stereocenters. The number of halogens is 4. The second-order valence-electron chi connectivity index (χ2n) is 7.48. The highest BCUT2D eigenvalue weighted by molar-refractivity contribution is 8.00. The van der Waals surface area contributed by atoms with Crippen LogP contribution in [0.2, 0.25) is 20.1 Å². The minimum Gasteiger partial charge on any atom is -0.497 e. The molecule has 196 valence electrons. The van der Waals surface area contributed by atoms with Gasteiger partial charge in [-0.05, 0) is 42.5 Å². The number of ether oxygens (including phenoxy) is 1. The largest absolute Gasteiger partial charge is 0.497 e. The Morgan fingerprint density at radius 1 is 0.947 bits per heavy atom. The van der Waals surface area contributed by atoms with Gasteiger partial charge in [0, 0.05) is 10.6 Å². The Hall–Kier alpha value is -2.73.